The van der Waals surface area contributed by atoms with E-state index in [2.05, 4.69) is 42.8 Å². The van der Waals surface area contributed by atoms with Crippen molar-refractivity contribution in [2.24, 2.45) is 5.92 Å². The van der Waals surface area contributed by atoms with Crippen LogP contribution in [0, 0.1) is 5.92 Å². The summed E-state index contributed by atoms with van der Waals surface area (Å²) in [5, 5.41) is 2.51. The van der Waals surface area contributed by atoms with Crippen molar-refractivity contribution in [1.29, 1.82) is 0 Å². The molecule has 18 heavy (non-hydrogen) atoms. The molecule has 1 fully saturated rings. The van der Waals surface area contributed by atoms with E-state index in [4.69, 9.17) is 0 Å². The van der Waals surface area contributed by atoms with Gasteiger partial charge in [-0.25, -0.2) is 0 Å². The van der Waals surface area contributed by atoms with Crippen LogP contribution in [-0.4, -0.2) is 11.5 Å². The van der Waals surface area contributed by atoms with Crippen LogP contribution >= 0.6 is 23.5 Å². The van der Waals surface area contributed by atoms with Crippen molar-refractivity contribution >= 4 is 23.5 Å². The van der Waals surface area contributed by atoms with E-state index < -0.39 is 0 Å². The topological polar surface area (TPSA) is 0 Å². The normalized spacial score (nSPS) is 18.2. The van der Waals surface area contributed by atoms with Crippen molar-refractivity contribution in [3.05, 3.63) is 10.3 Å². The average molecular weight is 287 g/mol. The van der Waals surface area contributed by atoms with E-state index in [1.165, 1.54) is 69.3 Å². The molecule has 106 valence electrons. The minimum absolute atomic E-state index is 0.898. The third-order valence-electron chi connectivity index (χ3n) is 3.59. The Morgan fingerprint density at radius 1 is 1.00 bits per heavy atom. The van der Waals surface area contributed by atoms with Crippen LogP contribution in [0.3, 0.4) is 0 Å². The highest BCUT2D eigenvalue weighted by molar-refractivity contribution is 8.06. The Morgan fingerprint density at radius 3 is 2.33 bits per heavy atom. The zero-order chi connectivity index (χ0) is 13.1. The first-order chi connectivity index (χ1) is 8.88. The Hall–Kier alpha value is 0.440. The van der Waals surface area contributed by atoms with Crippen LogP contribution in [0.2, 0.25) is 0 Å². The van der Waals surface area contributed by atoms with Gasteiger partial charge in [0.1, 0.15) is 0 Å². The summed E-state index contributed by atoms with van der Waals surface area (Å²) in [6.45, 7) is 4.57. The second-order valence-electron chi connectivity index (χ2n) is 5.28. The lowest BCUT2D eigenvalue weighted by Gasteiger charge is -2.24. The molecule has 0 saturated heterocycles. The largest absolute Gasteiger partial charge is 0.133 e. The van der Waals surface area contributed by atoms with E-state index in [0.29, 0.717) is 0 Å². The molecule has 0 atom stereocenters. The van der Waals surface area contributed by atoms with Gasteiger partial charge in [-0.15, -0.1) is 23.5 Å². The second kappa shape index (κ2) is 11.3. The molecule has 0 unspecified atom stereocenters. The lowest BCUT2D eigenvalue weighted by atomic mass is 9.89. The SMILES string of the molecule is CCCCS/C=C(\SCCCC)C1CCCCC1. The lowest BCUT2D eigenvalue weighted by Crippen LogP contribution is -2.07. The van der Waals surface area contributed by atoms with Gasteiger partial charge in [0.2, 0.25) is 0 Å². The maximum atomic E-state index is 2.51. The number of hydrogen-bond acceptors (Lipinski definition) is 2. The summed E-state index contributed by atoms with van der Waals surface area (Å²) in [5.74, 6) is 3.53. The van der Waals surface area contributed by atoms with E-state index in [1.54, 1.807) is 4.91 Å². The van der Waals surface area contributed by atoms with Crippen LogP contribution in [0.1, 0.15) is 71.6 Å². The number of allylic oxidation sites excluding steroid dienone is 1. The Bertz CT molecular complexity index is 217. The molecular formula is C16H30S2. The molecule has 0 bridgehead atoms. The summed E-state index contributed by atoms with van der Waals surface area (Å²) in [6, 6.07) is 0. The predicted octanol–water partition coefficient (Wildman–Crippen LogP) is 6.47. The average Bonchev–Trinajstić information content (AvgIpc) is 2.42. The summed E-state index contributed by atoms with van der Waals surface area (Å²) in [5.41, 5.74) is 0. The molecule has 0 amide bonds. The third kappa shape index (κ3) is 7.13. The molecule has 0 N–H and O–H groups in total. The van der Waals surface area contributed by atoms with Gasteiger partial charge < -0.3 is 0 Å². The monoisotopic (exact) mass is 286 g/mol. The van der Waals surface area contributed by atoms with Crippen LogP contribution < -0.4 is 0 Å². The van der Waals surface area contributed by atoms with Crippen molar-refractivity contribution < 1.29 is 0 Å². The van der Waals surface area contributed by atoms with Crippen molar-refractivity contribution in [3.8, 4) is 0 Å². The zero-order valence-electron chi connectivity index (χ0n) is 12.2. The number of rotatable bonds is 9. The molecule has 1 aliphatic rings. The predicted molar refractivity (Wildman–Crippen MR) is 89.4 cm³/mol. The van der Waals surface area contributed by atoms with E-state index in [1.807, 2.05) is 0 Å². The van der Waals surface area contributed by atoms with Crippen molar-refractivity contribution in [3.63, 3.8) is 0 Å². The Balaban J connectivity index is 2.39. The molecular weight excluding hydrogens is 256 g/mol. The van der Waals surface area contributed by atoms with Crippen LogP contribution in [0.5, 0.6) is 0 Å². The molecule has 0 aromatic rings. The Labute approximate surface area is 123 Å². The molecule has 0 heterocycles. The van der Waals surface area contributed by atoms with Gasteiger partial charge in [0, 0.05) is 0 Å². The van der Waals surface area contributed by atoms with Crippen molar-refractivity contribution in [1.82, 2.24) is 0 Å². The standard InChI is InChI=1S/C16H30S2/c1-3-5-12-17-14-16(18-13-6-4-2)15-10-8-7-9-11-15/h14-15H,3-13H2,1-2H3/b16-14-. The summed E-state index contributed by atoms with van der Waals surface area (Å²) in [7, 11) is 0. The van der Waals surface area contributed by atoms with E-state index >= 15 is 0 Å². The first kappa shape index (κ1) is 16.5. The second-order valence-corrected chi connectivity index (χ2v) is 7.43. The molecule has 2 heteroatoms. The van der Waals surface area contributed by atoms with Gasteiger partial charge in [0.25, 0.3) is 0 Å². The fourth-order valence-electron chi connectivity index (χ4n) is 2.34. The highest BCUT2D eigenvalue weighted by atomic mass is 32.2. The van der Waals surface area contributed by atoms with Crippen molar-refractivity contribution in [2.75, 3.05) is 11.5 Å². The maximum Gasteiger partial charge on any atom is -0.00231 e. The summed E-state index contributed by atoms with van der Waals surface area (Å²) in [4.78, 5) is 1.71. The van der Waals surface area contributed by atoms with Gasteiger partial charge in [-0.1, -0.05) is 46.0 Å². The number of unbranched alkanes of at least 4 members (excludes halogenated alkanes) is 2. The smallest absolute Gasteiger partial charge is 0.00231 e. The van der Waals surface area contributed by atoms with Crippen LogP contribution in [0.4, 0.5) is 0 Å². The molecule has 0 nitrogen and oxygen atoms in total. The fraction of sp³-hybridized carbons (Fsp3) is 0.875. The molecule has 0 radical (unpaired) electrons. The van der Waals surface area contributed by atoms with Gasteiger partial charge >= 0.3 is 0 Å². The lowest BCUT2D eigenvalue weighted by molar-refractivity contribution is 0.415. The zero-order valence-corrected chi connectivity index (χ0v) is 13.9. The minimum Gasteiger partial charge on any atom is -0.133 e. The third-order valence-corrected chi connectivity index (χ3v) is 5.96. The van der Waals surface area contributed by atoms with Gasteiger partial charge in [-0.2, -0.15) is 0 Å². The van der Waals surface area contributed by atoms with Crippen molar-refractivity contribution in [2.45, 2.75) is 71.6 Å². The number of hydrogen-bond donors (Lipinski definition) is 0. The molecule has 1 rings (SSSR count). The first-order valence-corrected chi connectivity index (χ1v) is 9.86. The van der Waals surface area contributed by atoms with Gasteiger partial charge in [-0.3, -0.25) is 0 Å². The van der Waals surface area contributed by atoms with E-state index in [0.717, 1.165) is 5.92 Å². The molecule has 0 aromatic heterocycles. The van der Waals surface area contributed by atoms with Gasteiger partial charge in [0.15, 0.2) is 0 Å². The number of thioether (sulfide) groups is 2. The first-order valence-electron chi connectivity index (χ1n) is 7.83. The van der Waals surface area contributed by atoms with Crippen LogP contribution in [0.25, 0.3) is 0 Å². The van der Waals surface area contributed by atoms with Crippen LogP contribution in [0.15, 0.2) is 10.3 Å². The summed E-state index contributed by atoms with van der Waals surface area (Å²) < 4.78 is 0. The van der Waals surface area contributed by atoms with E-state index in [9.17, 15) is 0 Å². The highest BCUT2D eigenvalue weighted by Crippen LogP contribution is 2.37. The quantitative estimate of drug-likeness (QED) is 0.445. The molecule has 0 aromatic carbocycles. The fourth-order valence-corrected chi connectivity index (χ4v) is 4.88. The minimum atomic E-state index is 0.898. The van der Waals surface area contributed by atoms with E-state index in [-0.39, 0.29) is 0 Å². The summed E-state index contributed by atoms with van der Waals surface area (Å²) >= 11 is 4.21. The van der Waals surface area contributed by atoms with Crippen LogP contribution in [-0.2, 0) is 0 Å². The summed E-state index contributed by atoms with van der Waals surface area (Å²) in [6.07, 6.45) is 12.6. The maximum absolute atomic E-state index is 2.51. The Morgan fingerprint density at radius 2 is 1.67 bits per heavy atom. The Kier molecular flexibility index (Phi) is 10.3. The molecule has 0 spiro atoms. The van der Waals surface area contributed by atoms with Gasteiger partial charge in [-0.05, 0) is 53.4 Å². The molecule has 1 saturated carbocycles. The van der Waals surface area contributed by atoms with Gasteiger partial charge in [0.05, 0.1) is 0 Å². The molecule has 1 aliphatic carbocycles. The highest BCUT2D eigenvalue weighted by Gasteiger charge is 2.17. The molecule has 0 aliphatic heterocycles.